The minimum atomic E-state index is 0.329. The molecule has 3 unspecified atom stereocenters. The van der Waals surface area contributed by atoms with Crippen molar-refractivity contribution in [2.75, 3.05) is 0 Å². The minimum Gasteiger partial charge on any atom is -0.274 e. The third-order valence-electron chi connectivity index (χ3n) is 3.04. The lowest BCUT2D eigenvalue weighted by Gasteiger charge is -2.25. The number of hydrazine groups is 1. The Bertz CT molecular complexity index is 208. The van der Waals surface area contributed by atoms with E-state index in [0.29, 0.717) is 12.2 Å². The fourth-order valence-electron chi connectivity index (χ4n) is 2.42. The van der Waals surface area contributed by atoms with Crippen LogP contribution < -0.4 is 10.9 Å². The summed E-state index contributed by atoms with van der Waals surface area (Å²) in [4.78, 5) is 4.60. The number of hydrogen-bond donors (Lipinski definition) is 2. The van der Waals surface area contributed by atoms with Gasteiger partial charge in [-0.1, -0.05) is 12.8 Å². The average Bonchev–Trinajstić information content (AvgIpc) is 2.48. The van der Waals surface area contributed by atoms with Crippen molar-refractivity contribution < 1.29 is 0 Å². The molecule has 74 valence electrons. The zero-order valence-electron chi connectivity index (χ0n) is 8.51. The van der Waals surface area contributed by atoms with E-state index in [1.807, 2.05) is 0 Å². The summed E-state index contributed by atoms with van der Waals surface area (Å²) in [5.74, 6) is 0.726. The normalized spacial score (nSPS) is 38.5. The quantitative estimate of drug-likeness (QED) is 0.601. The van der Waals surface area contributed by atoms with Crippen LogP contribution in [0.5, 0.6) is 0 Å². The summed E-state index contributed by atoms with van der Waals surface area (Å²) in [5.41, 5.74) is 7.82. The van der Waals surface area contributed by atoms with Crippen molar-refractivity contribution in [2.45, 2.75) is 51.7 Å². The van der Waals surface area contributed by atoms with E-state index in [0.717, 1.165) is 5.92 Å². The molecule has 2 rings (SSSR count). The molecular formula is C10H19N3. The van der Waals surface area contributed by atoms with Crippen LogP contribution in [-0.2, 0) is 0 Å². The molecule has 2 N–H and O–H groups in total. The fourth-order valence-corrected chi connectivity index (χ4v) is 2.42. The Morgan fingerprint density at radius 2 is 1.92 bits per heavy atom. The van der Waals surface area contributed by atoms with Crippen molar-refractivity contribution in [3.05, 3.63) is 0 Å². The van der Waals surface area contributed by atoms with E-state index in [2.05, 4.69) is 29.7 Å². The fraction of sp³-hybridized carbons (Fsp3) is 0.900. The average molecular weight is 181 g/mol. The molecule has 0 aromatic rings. The molecule has 13 heavy (non-hydrogen) atoms. The standard InChI is InChI=1S/C10H19N3/c1-7(2)11-10-8-5-3-4-6-9(8)12-13-10/h8-10,12-13H,3-6H2,1-2H3. The highest BCUT2D eigenvalue weighted by Crippen LogP contribution is 2.30. The molecule has 3 heteroatoms. The van der Waals surface area contributed by atoms with Gasteiger partial charge in [-0.25, -0.2) is 5.43 Å². The topological polar surface area (TPSA) is 36.4 Å². The zero-order chi connectivity index (χ0) is 9.26. The van der Waals surface area contributed by atoms with Crippen molar-refractivity contribution in [3.8, 4) is 0 Å². The maximum Gasteiger partial charge on any atom is 0.116 e. The first kappa shape index (κ1) is 9.16. The molecule has 0 aromatic heterocycles. The van der Waals surface area contributed by atoms with E-state index in [9.17, 15) is 0 Å². The SMILES string of the molecule is CC(C)=NC1NNC2CCCCC21. The third kappa shape index (κ3) is 1.92. The van der Waals surface area contributed by atoms with Crippen LogP contribution >= 0.6 is 0 Å². The molecule has 0 bridgehead atoms. The molecule has 0 radical (unpaired) electrons. The highest BCUT2D eigenvalue weighted by Gasteiger charge is 2.36. The molecule has 1 aliphatic carbocycles. The summed E-state index contributed by atoms with van der Waals surface area (Å²) in [6.45, 7) is 4.13. The van der Waals surface area contributed by atoms with E-state index in [4.69, 9.17) is 0 Å². The lowest BCUT2D eigenvalue weighted by atomic mass is 9.84. The lowest BCUT2D eigenvalue weighted by Crippen LogP contribution is -2.33. The number of fused-ring (bicyclic) bond motifs is 1. The van der Waals surface area contributed by atoms with Crippen molar-refractivity contribution in [1.29, 1.82) is 0 Å². The predicted molar refractivity (Wildman–Crippen MR) is 54.6 cm³/mol. The molecular weight excluding hydrogens is 162 g/mol. The summed E-state index contributed by atoms with van der Waals surface area (Å²) in [5, 5.41) is 0. The van der Waals surface area contributed by atoms with Crippen molar-refractivity contribution in [1.82, 2.24) is 10.9 Å². The zero-order valence-corrected chi connectivity index (χ0v) is 8.51. The van der Waals surface area contributed by atoms with Crippen LogP contribution in [0.3, 0.4) is 0 Å². The minimum absolute atomic E-state index is 0.329. The molecule has 0 spiro atoms. The highest BCUT2D eigenvalue weighted by molar-refractivity contribution is 5.79. The van der Waals surface area contributed by atoms with E-state index in [1.165, 1.54) is 31.4 Å². The van der Waals surface area contributed by atoms with Crippen LogP contribution in [0.25, 0.3) is 0 Å². The Labute approximate surface area is 80.0 Å². The summed E-state index contributed by atoms with van der Waals surface area (Å²) in [6, 6.07) is 0.668. The smallest absolute Gasteiger partial charge is 0.116 e. The predicted octanol–water partition coefficient (Wildman–Crippen LogP) is 1.46. The summed E-state index contributed by atoms with van der Waals surface area (Å²) in [7, 11) is 0. The second-order valence-corrected chi connectivity index (χ2v) is 4.36. The Hall–Kier alpha value is -0.410. The maximum absolute atomic E-state index is 4.60. The Kier molecular flexibility index (Phi) is 2.65. The van der Waals surface area contributed by atoms with Gasteiger partial charge in [0.25, 0.3) is 0 Å². The lowest BCUT2D eigenvalue weighted by molar-refractivity contribution is 0.308. The van der Waals surface area contributed by atoms with E-state index in [-0.39, 0.29) is 0 Å². The molecule has 1 saturated carbocycles. The number of hydrogen-bond acceptors (Lipinski definition) is 3. The van der Waals surface area contributed by atoms with Gasteiger partial charge < -0.3 is 0 Å². The second kappa shape index (κ2) is 3.76. The Morgan fingerprint density at radius 1 is 1.15 bits per heavy atom. The first-order valence-electron chi connectivity index (χ1n) is 5.29. The van der Waals surface area contributed by atoms with Crippen LogP contribution in [0.4, 0.5) is 0 Å². The maximum atomic E-state index is 4.60. The number of rotatable bonds is 1. The van der Waals surface area contributed by atoms with Crippen molar-refractivity contribution in [2.24, 2.45) is 10.9 Å². The summed E-state index contributed by atoms with van der Waals surface area (Å²) >= 11 is 0. The molecule has 0 aromatic carbocycles. The molecule has 1 aliphatic heterocycles. The van der Waals surface area contributed by atoms with Crippen molar-refractivity contribution in [3.63, 3.8) is 0 Å². The molecule has 1 saturated heterocycles. The van der Waals surface area contributed by atoms with Gasteiger partial charge in [0, 0.05) is 17.7 Å². The van der Waals surface area contributed by atoms with Gasteiger partial charge in [0.2, 0.25) is 0 Å². The van der Waals surface area contributed by atoms with Crippen molar-refractivity contribution >= 4 is 5.71 Å². The van der Waals surface area contributed by atoms with E-state index >= 15 is 0 Å². The molecule has 1 heterocycles. The van der Waals surface area contributed by atoms with Crippen LogP contribution in [-0.4, -0.2) is 17.9 Å². The van der Waals surface area contributed by atoms with Gasteiger partial charge in [0.05, 0.1) is 0 Å². The Balaban J connectivity index is 2.03. The third-order valence-corrected chi connectivity index (χ3v) is 3.04. The first-order valence-corrected chi connectivity index (χ1v) is 5.29. The highest BCUT2D eigenvalue weighted by atomic mass is 15.5. The molecule has 2 fully saturated rings. The van der Waals surface area contributed by atoms with Gasteiger partial charge >= 0.3 is 0 Å². The number of aliphatic imine (C=N–C) groups is 1. The monoisotopic (exact) mass is 181 g/mol. The van der Waals surface area contributed by atoms with Gasteiger partial charge in [-0.3, -0.25) is 10.4 Å². The van der Waals surface area contributed by atoms with Gasteiger partial charge in [-0.2, -0.15) is 0 Å². The van der Waals surface area contributed by atoms with Gasteiger partial charge in [-0.05, 0) is 26.7 Å². The van der Waals surface area contributed by atoms with Crippen LogP contribution in [0.15, 0.2) is 4.99 Å². The van der Waals surface area contributed by atoms with Crippen LogP contribution in [0.2, 0.25) is 0 Å². The molecule has 3 atom stereocenters. The first-order chi connectivity index (χ1) is 6.27. The second-order valence-electron chi connectivity index (χ2n) is 4.36. The molecule has 3 nitrogen and oxygen atoms in total. The van der Waals surface area contributed by atoms with Gasteiger partial charge in [0.15, 0.2) is 0 Å². The number of nitrogens with one attached hydrogen (secondary N) is 2. The largest absolute Gasteiger partial charge is 0.274 e. The van der Waals surface area contributed by atoms with Crippen LogP contribution in [0.1, 0.15) is 39.5 Å². The molecule has 0 amide bonds. The van der Waals surface area contributed by atoms with Gasteiger partial charge in [-0.15, -0.1) is 0 Å². The summed E-state index contributed by atoms with van der Waals surface area (Å²) < 4.78 is 0. The van der Waals surface area contributed by atoms with Crippen LogP contribution in [0, 0.1) is 5.92 Å². The Morgan fingerprint density at radius 3 is 2.69 bits per heavy atom. The summed E-state index contributed by atoms with van der Waals surface area (Å²) in [6.07, 6.45) is 5.71. The van der Waals surface area contributed by atoms with E-state index < -0.39 is 0 Å². The molecule has 2 aliphatic rings. The number of nitrogens with zero attached hydrogens (tertiary/aromatic N) is 1. The van der Waals surface area contributed by atoms with E-state index in [1.54, 1.807) is 0 Å². The van der Waals surface area contributed by atoms with Gasteiger partial charge in [0.1, 0.15) is 6.17 Å².